The molecule has 0 radical (unpaired) electrons. The van der Waals surface area contributed by atoms with Crippen molar-refractivity contribution >= 4 is 37.4 Å². The van der Waals surface area contributed by atoms with E-state index < -0.39 is 82.4 Å². The van der Waals surface area contributed by atoms with Crippen LogP contribution in [-0.4, -0.2) is 150 Å². The van der Waals surface area contributed by atoms with Gasteiger partial charge in [-0.25, -0.2) is 4.57 Å². The molecule has 2 aliphatic rings. The molecule has 0 amide bonds. The fourth-order valence-corrected chi connectivity index (χ4v) is 3.33. The fraction of sp³-hybridized carbons (Fsp3) is 1.00. The van der Waals surface area contributed by atoms with E-state index in [9.17, 15) is 35.2 Å². The van der Waals surface area contributed by atoms with Crippen LogP contribution in [0.4, 0.5) is 0 Å². The molecule has 2 rings (SSSR count). The van der Waals surface area contributed by atoms with E-state index in [1.807, 2.05) is 0 Å². The zero-order chi connectivity index (χ0) is 20.5. The van der Waals surface area contributed by atoms with Gasteiger partial charge in [-0.3, -0.25) is 4.52 Å². The summed E-state index contributed by atoms with van der Waals surface area (Å²) in [7, 11) is -5.16. The average molecular weight is 446 g/mol. The number of rotatable bonds is 6. The molecule has 2 fully saturated rings. The molecule has 0 saturated carbocycles. The first-order valence-electron chi connectivity index (χ1n) is 7.82. The van der Waals surface area contributed by atoms with Crippen molar-refractivity contribution in [3.8, 4) is 0 Å². The van der Waals surface area contributed by atoms with Gasteiger partial charge >= 0.3 is 37.4 Å². The summed E-state index contributed by atoms with van der Waals surface area (Å²) >= 11 is 0. The summed E-state index contributed by atoms with van der Waals surface area (Å²) in [6.45, 7) is -1.59. The number of hydrogen-bond acceptors (Lipinski definition) is 12. The molecular weight excluding hydrogens is 422 g/mol. The molecule has 0 aromatic carbocycles. The van der Waals surface area contributed by atoms with E-state index in [0.717, 1.165) is 0 Å². The predicted octanol–water partition coefficient (Wildman–Crippen LogP) is -5.93. The summed E-state index contributed by atoms with van der Waals surface area (Å²) in [5.41, 5.74) is 0. The molecule has 14 nitrogen and oxygen atoms in total. The zero-order valence-electron chi connectivity index (χ0n) is 13.7. The molecule has 9 N–H and O–H groups in total. The standard InChI is InChI=1S/C12H23O14P.Na.H/c13-1-3-5(15)7(17)8(18)11(23-3)25-12-9(19)10(26-27(20,21)22)6(16)4(2-14)24-12;;/h3-19H,1-2H2,(H2,20,21,22);;/t3-,4-,5-,6-,7+,8-,9-,10+,11-,12-;;/m1../s1. The maximum absolute atomic E-state index is 11.0. The van der Waals surface area contributed by atoms with Crippen LogP contribution in [0.3, 0.4) is 0 Å². The van der Waals surface area contributed by atoms with Gasteiger partial charge in [-0.1, -0.05) is 0 Å². The molecule has 0 aromatic heterocycles. The molecule has 10 atom stereocenters. The molecule has 2 heterocycles. The summed E-state index contributed by atoms with van der Waals surface area (Å²) < 4.78 is 30.7. The van der Waals surface area contributed by atoms with Crippen LogP contribution in [0.25, 0.3) is 0 Å². The van der Waals surface area contributed by atoms with Gasteiger partial charge < -0.3 is 59.7 Å². The monoisotopic (exact) mass is 446 g/mol. The number of aliphatic hydroxyl groups is 7. The van der Waals surface area contributed by atoms with E-state index in [1.54, 1.807) is 0 Å². The third-order valence-corrected chi connectivity index (χ3v) is 4.72. The van der Waals surface area contributed by atoms with Crippen molar-refractivity contribution in [3.63, 3.8) is 0 Å². The molecule has 16 heteroatoms. The van der Waals surface area contributed by atoms with E-state index in [1.165, 1.54) is 0 Å². The molecule has 0 bridgehead atoms. The molecular formula is C12H24NaO14P. The van der Waals surface area contributed by atoms with Gasteiger partial charge in [-0.2, -0.15) is 0 Å². The molecule has 2 aliphatic heterocycles. The topological polar surface area (TPSA) is 236 Å². The summed E-state index contributed by atoms with van der Waals surface area (Å²) in [5, 5.41) is 67.9. The zero-order valence-corrected chi connectivity index (χ0v) is 14.6. The number of phosphoric acid groups is 1. The Balaban J connectivity index is 0.00000392. The summed E-state index contributed by atoms with van der Waals surface area (Å²) in [4.78, 5) is 17.8. The van der Waals surface area contributed by atoms with Crippen molar-refractivity contribution < 1.29 is 68.8 Å². The normalized spacial score (nSPS) is 44.8. The van der Waals surface area contributed by atoms with Crippen LogP contribution >= 0.6 is 7.82 Å². The first kappa shape index (κ1) is 26.7. The number of ether oxygens (including phenoxy) is 3. The van der Waals surface area contributed by atoms with Crippen molar-refractivity contribution in [2.24, 2.45) is 0 Å². The van der Waals surface area contributed by atoms with Gasteiger partial charge in [0.2, 0.25) is 0 Å². The van der Waals surface area contributed by atoms with Crippen molar-refractivity contribution in [2.45, 2.75) is 61.4 Å². The Bertz CT molecular complexity index is 532. The molecule has 0 spiro atoms. The van der Waals surface area contributed by atoms with Crippen molar-refractivity contribution in [3.05, 3.63) is 0 Å². The van der Waals surface area contributed by atoms with Crippen LogP contribution < -0.4 is 0 Å². The van der Waals surface area contributed by atoms with Gasteiger partial charge in [0.15, 0.2) is 12.6 Å². The molecule has 28 heavy (non-hydrogen) atoms. The van der Waals surface area contributed by atoms with E-state index in [4.69, 9.17) is 29.1 Å². The van der Waals surface area contributed by atoms with Gasteiger partial charge in [0.1, 0.15) is 48.8 Å². The fourth-order valence-electron chi connectivity index (χ4n) is 2.76. The van der Waals surface area contributed by atoms with E-state index in [0.29, 0.717) is 0 Å². The Morgan fingerprint density at radius 1 is 0.750 bits per heavy atom. The van der Waals surface area contributed by atoms with Crippen molar-refractivity contribution in [1.29, 1.82) is 0 Å². The van der Waals surface area contributed by atoms with Gasteiger partial charge in [0, 0.05) is 0 Å². The maximum atomic E-state index is 11.0. The Labute approximate surface area is 180 Å². The Hall–Kier alpha value is 0.710. The van der Waals surface area contributed by atoms with Crippen molar-refractivity contribution in [1.82, 2.24) is 0 Å². The first-order chi connectivity index (χ1) is 12.5. The molecule has 162 valence electrons. The minimum atomic E-state index is -5.16. The van der Waals surface area contributed by atoms with E-state index in [2.05, 4.69) is 4.52 Å². The van der Waals surface area contributed by atoms with Gasteiger partial charge in [0.25, 0.3) is 0 Å². The number of hydrogen-bond donors (Lipinski definition) is 9. The Morgan fingerprint density at radius 2 is 1.21 bits per heavy atom. The second-order valence-electron chi connectivity index (χ2n) is 6.10. The second-order valence-corrected chi connectivity index (χ2v) is 7.29. The second kappa shape index (κ2) is 10.8. The number of aliphatic hydroxyl groups excluding tert-OH is 7. The first-order valence-corrected chi connectivity index (χ1v) is 9.35. The predicted molar refractivity (Wildman–Crippen MR) is 86.7 cm³/mol. The van der Waals surface area contributed by atoms with E-state index >= 15 is 0 Å². The van der Waals surface area contributed by atoms with Gasteiger partial charge in [-0.15, -0.1) is 0 Å². The minimum absolute atomic E-state index is 0. The van der Waals surface area contributed by atoms with Crippen LogP contribution in [0.15, 0.2) is 0 Å². The summed E-state index contributed by atoms with van der Waals surface area (Å²) in [6.07, 6.45) is -17.5. The Morgan fingerprint density at radius 3 is 1.68 bits per heavy atom. The van der Waals surface area contributed by atoms with Crippen molar-refractivity contribution in [2.75, 3.05) is 13.2 Å². The number of phosphoric ester groups is 1. The summed E-state index contributed by atoms with van der Waals surface area (Å²) in [6, 6.07) is 0. The third-order valence-electron chi connectivity index (χ3n) is 4.20. The third kappa shape index (κ3) is 6.12. The summed E-state index contributed by atoms with van der Waals surface area (Å²) in [5.74, 6) is 0. The van der Waals surface area contributed by atoms with Crippen LogP contribution in [-0.2, 0) is 23.3 Å². The Kier molecular flexibility index (Phi) is 10.4. The van der Waals surface area contributed by atoms with Gasteiger partial charge in [0.05, 0.1) is 13.2 Å². The molecule has 0 aliphatic carbocycles. The average Bonchev–Trinajstić information content (AvgIpc) is 2.60. The van der Waals surface area contributed by atoms with Gasteiger partial charge in [-0.05, 0) is 0 Å². The molecule has 0 aromatic rings. The molecule has 0 unspecified atom stereocenters. The van der Waals surface area contributed by atoms with Crippen LogP contribution in [0.2, 0.25) is 0 Å². The van der Waals surface area contributed by atoms with Crippen LogP contribution in [0, 0.1) is 0 Å². The van der Waals surface area contributed by atoms with E-state index in [-0.39, 0.29) is 29.6 Å². The molecule has 2 saturated heterocycles. The quantitative estimate of drug-likeness (QED) is 0.136. The van der Waals surface area contributed by atoms with Crippen LogP contribution in [0.5, 0.6) is 0 Å². The van der Waals surface area contributed by atoms with Crippen LogP contribution in [0.1, 0.15) is 0 Å². The SMILES string of the molecule is O=P(O)(O)O[C@@H]1[C@@H](O)[C@@H](O[C@H]2O[C@H](CO)[C@@H](O)[C@H](O)[C@H]2O)O[C@H](CO)[C@H]1O.[NaH].